The van der Waals surface area contributed by atoms with E-state index in [1.54, 1.807) is 0 Å². The van der Waals surface area contributed by atoms with E-state index in [4.69, 9.17) is 5.73 Å². The number of nitrogens with two attached hydrogens (primary N) is 1. The van der Waals surface area contributed by atoms with E-state index in [0.717, 1.165) is 18.3 Å². The molecule has 0 aromatic heterocycles. The second-order valence-corrected chi connectivity index (χ2v) is 5.48. The molecule has 0 amide bonds. The lowest BCUT2D eigenvalue weighted by atomic mass is 9.89. The molecule has 14 heavy (non-hydrogen) atoms. The topological polar surface area (TPSA) is 38.4 Å². The summed E-state index contributed by atoms with van der Waals surface area (Å²) in [5, 5.41) is 0. The van der Waals surface area contributed by atoms with Crippen molar-refractivity contribution in [2.45, 2.75) is 52.9 Å². The molecule has 2 nitrogen and oxygen atoms in total. The molecule has 1 aliphatic carbocycles. The lowest BCUT2D eigenvalue weighted by molar-refractivity contribution is 0.366. The second-order valence-electron chi connectivity index (χ2n) is 5.48. The summed E-state index contributed by atoms with van der Waals surface area (Å²) in [4.78, 5) is 4.51. The zero-order chi connectivity index (χ0) is 10.6. The summed E-state index contributed by atoms with van der Waals surface area (Å²) in [6.45, 7) is 7.30. The van der Waals surface area contributed by atoms with Gasteiger partial charge in [0.15, 0.2) is 0 Å². The van der Waals surface area contributed by atoms with Crippen LogP contribution in [-0.2, 0) is 0 Å². The predicted octanol–water partition coefficient (Wildman–Crippen LogP) is 2.97. The van der Waals surface area contributed by atoms with E-state index in [-0.39, 0.29) is 5.41 Å². The highest BCUT2D eigenvalue weighted by Crippen LogP contribution is 2.24. The van der Waals surface area contributed by atoms with Crippen LogP contribution >= 0.6 is 0 Å². The molecule has 2 N–H and O–H groups in total. The van der Waals surface area contributed by atoms with Gasteiger partial charge in [-0.1, -0.05) is 40.0 Å². The lowest BCUT2D eigenvalue weighted by Gasteiger charge is -2.22. The maximum Gasteiger partial charge on any atom is 0.0991 e. The molecule has 0 radical (unpaired) electrons. The van der Waals surface area contributed by atoms with E-state index in [9.17, 15) is 0 Å². The monoisotopic (exact) mass is 196 g/mol. The summed E-state index contributed by atoms with van der Waals surface area (Å²) in [6, 6.07) is 0. The third kappa shape index (κ3) is 3.69. The van der Waals surface area contributed by atoms with Gasteiger partial charge in [-0.2, -0.15) is 0 Å². The molecular formula is C12H24N2. The summed E-state index contributed by atoms with van der Waals surface area (Å²) in [5.74, 6) is 1.60. The van der Waals surface area contributed by atoms with Crippen molar-refractivity contribution in [1.29, 1.82) is 0 Å². The van der Waals surface area contributed by atoms with Gasteiger partial charge in [-0.05, 0) is 18.8 Å². The Balaban J connectivity index is 2.37. The van der Waals surface area contributed by atoms with Crippen molar-refractivity contribution in [2.24, 2.45) is 22.1 Å². The second kappa shape index (κ2) is 4.81. The summed E-state index contributed by atoms with van der Waals surface area (Å²) in [6.07, 6.45) is 6.88. The van der Waals surface area contributed by atoms with Gasteiger partial charge < -0.3 is 5.73 Å². The fourth-order valence-corrected chi connectivity index (χ4v) is 1.83. The number of aliphatic imine (C=N–C) groups is 1. The van der Waals surface area contributed by atoms with Crippen LogP contribution in [0, 0.1) is 11.3 Å². The average molecular weight is 196 g/mol. The number of nitrogens with zero attached hydrogens (tertiary/aromatic N) is 1. The van der Waals surface area contributed by atoms with Gasteiger partial charge in [0, 0.05) is 12.0 Å². The van der Waals surface area contributed by atoms with Crippen molar-refractivity contribution in [1.82, 2.24) is 0 Å². The smallest absolute Gasteiger partial charge is 0.0991 e. The number of hydrogen-bond acceptors (Lipinski definition) is 1. The molecule has 1 fully saturated rings. The van der Waals surface area contributed by atoms with E-state index in [0.29, 0.717) is 0 Å². The van der Waals surface area contributed by atoms with Crippen LogP contribution in [0.15, 0.2) is 4.99 Å². The zero-order valence-corrected chi connectivity index (χ0v) is 9.84. The van der Waals surface area contributed by atoms with E-state index >= 15 is 0 Å². The quantitative estimate of drug-likeness (QED) is 0.535. The summed E-state index contributed by atoms with van der Waals surface area (Å²) >= 11 is 0. The zero-order valence-electron chi connectivity index (χ0n) is 9.84. The first-order valence-electron chi connectivity index (χ1n) is 5.80. The molecule has 0 spiro atoms. The van der Waals surface area contributed by atoms with Crippen LogP contribution in [0.5, 0.6) is 0 Å². The van der Waals surface area contributed by atoms with Crippen molar-refractivity contribution in [2.75, 3.05) is 6.54 Å². The summed E-state index contributed by atoms with van der Waals surface area (Å²) in [7, 11) is 0. The molecule has 0 atom stereocenters. The highest BCUT2D eigenvalue weighted by atomic mass is 14.9. The lowest BCUT2D eigenvalue weighted by Crippen LogP contribution is -2.29. The Morgan fingerprint density at radius 3 is 2.29 bits per heavy atom. The molecule has 0 aromatic carbocycles. The Bertz CT molecular complexity index is 195. The van der Waals surface area contributed by atoms with Crippen LogP contribution in [0.1, 0.15) is 52.9 Å². The van der Waals surface area contributed by atoms with Gasteiger partial charge >= 0.3 is 0 Å². The molecule has 0 heterocycles. The molecule has 0 aliphatic heterocycles. The van der Waals surface area contributed by atoms with Crippen molar-refractivity contribution >= 4 is 5.84 Å². The minimum Gasteiger partial charge on any atom is -0.387 e. The minimum absolute atomic E-state index is 0.0364. The predicted molar refractivity (Wildman–Crippen MR) is 62.5 cm³/mol. The molecule has 82 valence electrons. The Morgan fingerprint density at radius 2 is 1.79 bits per heavy atom. The van der Waals surface area contributed by atoms with Crippen LogP contribution in [0.3, 0.4) is 0 Å². The molecule has 1 rings (SSSR count). The Hall–Kier alpha value is -0.530. The highest BCUT2D eigenvalue weighted by Gasteiger charge is 2.17. The molecule has 0 saturated heterocycles. The van der Waals surface area contributed by atoms with Gasteiger partial charge in [0.2, 0.25) is 0 Å². The first-order valence-corrected chi connectivity index (χ1v) is 5.80. The van der Waals surface area contributed by atoms with Gasteiger partial charge in [-0.3, -0.25) is 4.99 Å². The van der Waals surface area contributed by atoms with E-state index in [1.807, 2.05) is 0 Å². The van der Waals surface area contributed by atoms with Gasteiger partial charge in [0.25, 0.3) is 0 Å². The van der Waals surface area contributed by atoms with Gasteiger partial charge in [-0.25, -0.2) is 0 Å². The van der Waals surface area contributed by atoms with Crippen molar-refractivity contribution in [3.8, 4) is 0 Å². The normalized spacial score (nSPS) is 21.2. The SMILES string of the molecule is CC(C)(C)C(N)=NCC1CCCCC1. The van der Waals surface area contributed by atoms with Gasteiger partial charge in [0.1, 0.15) is 0 Å². The third-order valence-corrected chi connectivity index (χ3v) is 3.01. The number of amidine groups is 1. The van der Waals surface area contributed by atoms with Crippen molar-refractivity contribution < 1.29 is 0 Å². The van der Waals surface area contributed by atoms with E-state index in [1.165, 1.54) is 32.1 Å². The standard InChI is InChI=1S/C12H24N2/c1-12(2,3)11(13)14-9-10-7-5-4-6-8-10/h10H,4-9H2,1-3H3,(H2,13,14). The van der Waals surface area contributed by atoms with E-state index in [2.05, 4.69) is 25.8 Å². The van der Waals surface area contributed by atoms with Crippen LogP contribution in [0.25, 0.3) is 0 Å². The first kappa shape index (κ1) is 11.5. The highest BCUT2D eigenvalue weighted by molar-refractivity contribution is 5.85. The van der Waals surface area contributed by atoms with Crippen LogP contribution in [-0.4, -0.2) is 12.4 Å². The summed E-state index contributed by atoms with van der Waals surface area (Å²) in [5.41, 5.74) is 5.95. The Labute approximate surface area is 88.0 Å². The first-order chi connectivity index (χ1) is 6.50. The molecule has 0 bridgehead atoms. The van der Waals surface area contributed by atoms with E-state index < -0.39 is 0 Å². The van der Waals surface area contributed by atoms with Gasteiger partial charge in [0.05, 0.1) is 5.84 Å². The van der Waals surface area contributed by atoms with Crippen molar-refractivity contribution in [3.05, 3.63) is 0 Å². The minimum atomic E-state index is 0.0364. The van der Waals surface area contributed by atoms with Gasteiger partial charge in [-0.15, -0.1) is 0 Å². The average Bonchev–Trinajstić information content (AvgIpc) is 2.14. The molecule has 2 heteroatoms. The Morgan fingerprint density at radius 1 is 1.21 bits per heavy atom. The van der Waals surface area contributed by atoms with Crippen LogP contribution < -0.4 is 5.73 Å². The Kier molecular flexibility index (Phi) is 3.97. The largest absolute Gasteiger partial charge is 0.387 e. The number of hydrogen-bond donors (Lipinski definition) is 1. The molecule has 1 aliphatic rings. The maximum atomic E-state index is 5.92. The fourth-order valence-electron chi connectivity index (χ4n) is 1.83. The summed E-state index contributed by atoms with van der Waals surface area (Å²) < 4.78 is 0. The molecule has 0 unspecified atom stereocenters. The molecule has 0 aromatic rings. The van der Waals surface area contributed by atoms with Crippen LogP contribution in [0.2, 0.25) is 0 Å². The fraction of sp³-hybridized carbons (Fsp3) is 0.917. The van der Waals surface area contributed by atoms with Crippen molar-refractivity contribution in [3.63, 3.8) is 0 Å². The molecular weight excluding hydrogens is 172 g/mol. The third-order valence-electron chi connectivity index (χ3n) is 3.01. The number of rotatable bonds is 2. The van der Waals surface area contributed by atoms with Crippen LogP contribution in [0.4, 0.5) is 0 Å². The molecule has 1 saturated carbocycles. The maximum absolute atomic E-state index is 5.92.